The molecule has 6 nitrogen and oxygen atoms in total. The number of rotatable bonds is 7. The fourth-order valence-electron chi connectivity index (χ4n) is 7.06. The van der Waals surface area contributed by atoms with Gasteiger partial charge in [0.25, 0.3) is 0 Å². The van der Waals surface area contributed by atoms with Crippen molar-refractivity contribution in [2.75, 3.05) is 13.2 Å². The molecule has 5 atom stereocenters. The normalized spacial score (nSPS) is 25.1. The van der Waals surface area contributed by atoms with Crippen LogP contribution in [0.5, 0.6) is 5.75 Å². The lowest BCUT2D eigenvalue weighted by Gasteiger charge is -2.39. The zero-order valence-corrected chi connectivity index (χ0v) is 28.8. The van der Waals surface area contributed by atoms with Crippen molar-refractivity contribution in [2.45, 2.75) is 105 Å². The molecular formula is C39H56FN3O3. The van der Waals surface area contributed by atoms with Crippen LogP contribution in [0.15, 0.2) is 59.8 Å². The second kappa shape index (κ2) is 17.0. The number of carbonyl (C=O) groups is 2. The molecule has 7 heteroatoms. The molecule has 1 heterocycles. The number of benzene rings is 2. The van der Waals surface area contributed by atoms with E-state index in [0.29, 0.717) is 31.9 Å². The van der Waals surface area contributed by atoms with Gasteiger partial charge in [-0.3, -0.25) is 9.59 Å². The molecule has 2 aliphatic rings. The predicted octanol–water partition coefficient (Wildman–Crippen LogP) is 7.37. The van der Waals surface area contributed by atoms with Crippen LogP contribution in [0.1, 0.15) is 91.2 Å². The average Bonchev–Trinajstić information content (AvgIpc) is 3.86. The molecule has 0 aromatic heterocycles. The summed E-state index contributed by atoms with van der Waals surface area (Å²) in [5.41, 5.74) is 4.54. The Labute approximate surface area is 276 Å². The molecule has 0 bridgehead atoms. The summed E-state index contributed by atoms with van der Waals surface area (Å²) < 4.78 is 21.2. The fourth-order valence-corrected chi connectivity index (χ4v) is 7.06. The van der Waals surface area contributed by atoms with Crippen LogP contribution < -0.4 is 20.7 Å². The number of hydrogen-bond donors (Lipinski definition) is 3. The Morgan fingerprint density at radius 3 is 2.33 bits per heavy atom. The van der Waals surface area contributed by atoms with E-state index in [-0.39, 0.29) is 41.3 Å². The van der Waals surface area contributed by atoms with Crippen LogP contribution in [0.4, 0.5) is 4.39 Å². The minimum absolute atomic E-state index is 0.0130. The standard InChI is InChI=1S/C39H56FN3O3/c1-7-13-34-38(44)41-21-12-16-28-15-9-10-18-35(28)46-24-33(25(3)4)31(8-2)32(23-27-14-11-17-30(40)22-27)37(29-19-20-29)43-36(26(5)6)39(45)42-34/h9-11,14-15,17-18,22,25-26,31-34,36,43H,7-8,12-13,16,19-21,23-24H2,1-6H3,(H,41,44)(H,42,45)/t31?,32-,33+,34-,36+/m0/s1. The molecule has 2 amide bonds. The molecule has 1 saturated carbocycles. The van der Waals surface area contributed by atoms with Gasteiger partial charge in [-0.2, -0.15) is 0 Å². The number of amides is 2. The Kier molecular flexibility index (Phi) is 13.1. The molecule has 1 aliphatic heterocycles. The van der Waals surface area contributed by atoms with Crippen molar-refractivity contribution in [2.24, 2.45) is 29.6 Å². The van der Waals surface area contributed by atoms with Crippen LogP contribution in [0, 0.1) is 35.4 Å². The highest BCUT2D eigenvalue weighted by Crippen LogP contribution is 2.42. The van der Waals surface area contributed by atoms with Gasteiger partial charge in [-0.1, -0.05) is 90.3 Å². The van der Waals surface area contributed by atoms with Gasteiger partial charge in [0.2, 0.25) is 11.8 Å². The average molecular weight is 634 g/mol. The van der Waals surface area contributed by atoms with Gasteiger partial charge < -0.3 is 20.7 Å². The van der Waals surface area contributed by atoms with E-state index in [2.05, 4.69) is 56.6 Å². The van der Waals surface area contributed by atoms with Crippen molar-refractivity contribution in [3.8, 4) is 5.75 Å². The van der Waals surface area contributed by atoms with Crippen LogP contribution in [0.2, 0.25) is 0 Å². The SMILES string of the molecule is CCC[C@@H]1NC(=O)[C@@H](C(C)C)NC(=C2CC2)[C@@H](Cc2cccc(F)c2)C(CC)[C@@H](C(C)C)COc2ccccc2CCCNC1=O. The monoisotopic (exact) mass is 633 g/mol. The maximum atomic E-state index is 14.5. The number of para-hydroxylation sites is 1. The summed E-state index contributed by atoms with van der Waals surface area (Å²) in [5.74, 6) is 1.19. The van der Waals surface area contributed by atoms with Crippen LogP contribution in [0.25, 0.3) is 0 Å². The molecule has 1 unspecified atom stereocenters. The molecule has 0 radical (unpaired) electrons. The topological polar surface area (TPSA) is 79.5 Å². The number of allylic oxidation sites excluding steroid dienone is 2. The number of hydrogen-bond acceptors (Lipinski definition) is 4. The molecule has 2 aromatic carbocycles. The van der Waals surface area contributed by atoms with E-state index in [1.165, 1.54) is 11.6 Å². The highest BCUT2D eigenvalue weighted by molar-refractivity contribution is 5.90. The van der Waals surface area contributed by atoms with E-state index in [1.54, 1.807) is 12.1 Å². The van der Waals surface area contributed by atoms with Gasteiger partial charge in [0, 0.05) is 18.2 Å². The van der Waals surface area contributed by atoms with E-state index >= 15 is 0 Å². The van der Waals surface area contributed by atoms with Gasteiger partial charge >= 0.3 is 0 Å². The Balaban J connectivity index is 1.80. The molecule has 3 N–H and O–H groups in total. The molecule has 4 rings (SSSR count). The first-order chi connectivity index (χ1) is 22.1. The van der Waals surface area contributed by atoms with E-state index in [1.807, 2.05) is 31.2 Å². The lowest BCUT2D eigenvalue weighted by molar-refractivity contribution is -0.130. The number of halogens is 1. The first-order valence-electron chi connectivity index (χ1n) is 17.6. The highest BCUT2D eigenvalue weighted by atomic mass is 19.1. The third kappa shape index (κ3) is 9.59. The smallest absolute Gasteiger partial charge is 0.243 e. The van der Waals surface area contributed by atoms with E-state index in [0.717, 1.165) is 61.1 Å². The van der Waals surface area contributed by atoms with Gasteiger partial charge in [-0.05, 0) is 91.5 Å². The van der Waals surface area contributed by atoms with Crippen molar-refractivity contribution < 1.29 is 18.7 Å². The third-order valence-electron chi connectivity index (χ3n) is 9.79. The van der Waals surface area contributed by atoms with Crippen LogP contribution in [-0.4, -0.2) is 37.0 Å². The summed E-state index contributed by atoms with van der Waals surface area (Å²) >= 11 is 0. The summed E-state index contributed by atoms with van der Waals surface area (Å²) in [6.45, 7) is 14.0. The van der Waals surface area contributed by atoms with E-state index < -0.39 is 12.1 Å². The number of carbonyl (C=O) groups excluding carboxylic acids is 2. The molecule has 1 fully saturated rings. The molecule has 2 aromatic rings. The molecule has 46 heavy (non-hydrogen) atoms. The van der Waals surface area contributed by atoms with Gasteiger partial charge in [0.05, 0.1) is 6.61 Å². The van der Waals surface area contributed by atoms with Crippen molar-refractivity contribution in [1.29, 1.82) is 0 Å². The summed E-state index contributed by atoms with van der Waals surface area (Å²) in [4.78, 5) is 27.3. The first kappa shape index (κ1) is 35.5. The van der Waals surface area contributed by atoms with Gasteiger partial charge in [-0.25, -0.2) is 4.39 Å². The maximum absolute atomic E-state index is 14.5. The second-order valence-corrected chi connectivity index (χ2v) is 14.0. The largest absolute Gasteiger partial charge is 0.493 e. The first-order valence-corrected chi connectivity index (χ1v) is 17.6. The minimum Gasteiger partial charge on any atom is -0.493 e. The zero-order valence-electron chi connectivity index (χ0n) is 28.8. The van der Waals surface area contributed by atoms with Gasteiger partial charge in [0.1, 0.15) is 23.7 Å². The van der Waals surface area contributed by atoms with E-state index in [4.69, 9.17) is 4.74 Å². The molecule has 252 valence electrons. The minimum atomic E-state index is -0.594. The zero-order chi connectivity index (χ0) is 33.2. The Morgan fingerprint density at radius 1 is 0.913 bits per heavy atom. The lowest BCUT2D eigenvalue weighted by Crippen LogP contribution is -2.55. The number of fused-ring (bicyclic) bond motifs is 1. The summed E-state index contributed by atoms with van der Waals surface area (Å²) in [6.07, 6.45) is 6.46. The molecule has 0 saturated heterocycles. The van der Waals surface area contributed by atoms with Crippen LogP contribution >= 0.6 is 0 Å². The molecule has 0 spiro atoms. The van der Waals surface area contributed by atoms with Crippen molar-refractivity contribution in [3.63, 3.8) is 0 Å². The Hall–Kier alpha value is -3.35. The predicted molar refractivity (Wildman–Crippen MR) is 184 cm³/mol. The third-order valence-corrected chi connectivity index (χ3v) is 9.79. The summed E-state index contributed by atoms with van der Waals surface area (Å²) in [5, 5.41) is 9.96. The van der Waals surface area contributed by atoms with Gasteiger partial charge in [-0.15, -0.1) is 0 Å². The molecular weight excluding hydrogens is 577 g/mol. The Morgan fingerprint density at radius 2 is 1.67 bits per heavy atom. The Bertz CT molecular complexity index is 1330. The lowest BCUT2D eigenvalue weighted by atomic mass is 9.71. The van der Waals surface area contributed by atoms with Crippen LogP contribution in [-0.2, 0) is 22.4 Å². The summed E-state index contributed by atoms with van der Waals surface area (Å²) in [6, 6.07) is 14.0. The van der Waals surface area contributed by atoms with Crippen LogP contribution in [0.3, 0.4) is 0 Å². The van der Waals surface area contributed by atoms with E-state index in [9.17, 15) is 14.0 Å². The second-order valence-electron chi connectivity index (χ2n) is 14.0. The maximum Gasteiger partial charge on any atom is 0.243 e. The quantitative estimate of drug-likeness (QED) is 0.298. The summed E-state index contributed by atoms with van der Waals surface area (Å²) in [7, 11) is 0. The van der Waals surface area contributed by atoms with Crippen molar-refractivity contribution in [3.05, 3.63) is 76.7 Å². The number of nitrogens with one attached hydrogen (secondary N) is 3. The van der Waals surface area contributed by atoms with Gasteiger partial charge in [0.15, 0.2) is 0 Å². The number of ether oxygens (including phenoxy) is 1. The van der Waals surface area contributed by atoms with Crippen molar-refractivity contribution >= 4 is 11.8 Å². The molecule has 1 aliphatic carbocycles. The van der Waals surface area contributed by atoms with Crippen molar-refractivity contribution in [1.82, 2.24) is 16.0 Å². The fraction of sp³-hybridized carbons (Fsp3) is 0.590. The highest BCUT2D eigenvalue weighted by Gasteiger charge is 2.38. The number of aryl methyl sites for hydroxylation is 1.